The van der Waals surface area contributed by atoms with E-state index in [-0.39, 0.29) is 11.2 Å². The van der Waals surface area contributed by atoms with Crippen molar-refractivity contribution in [2.24, 2.45) is 0 Å². The summed E-state index contributed by atoms with van der Waals surface area (Å²) in [6.45, 7) is 0.393. The van der Waals surface area contributed by atoms with Gasteiger partial charge < -0.3 is 9.73 Å². The summed E-state index contributed by atoms with van der Waals surface area (Å²) in [5, 5.41) is 2.65. The summed E-state index contributed by atoms with van der Waals surface area (Å²) >= 11 is 1.54. The van der Waals surface area contributed by atoms with Crippen LogP contribution in [0.25, 0.3) is 0 Å². The lowest BCUT2D eigenvalue weighted by atomic mass is 10.1. The highest BCUT2D eigenvalue weighted by Gasteiger charge is 2.21. The van der Waals surface area contributed by atoms with Crippen LogP contribution in [0.4, 0.5) is 0 Å². The van der Waals surface area contributed by atoms with E-state index in [1.54, 1.807) is 18.0 Å². The van der Waals surface area contributed by atoms with Crippen LogP contribution in [0.3, 0.4) is 0 Å². The summed E-state index contributed by atoms with van der Waals surface area (Å²) in [5.74, 6) is 0.719. The Hall–Kier alpha value is -2.46. The predicted octanol–water partition coefficient (Wildman–Crippen LogP) is 4.43. The Morgan fingerprint density at radius 2 is 1.65 bits per heavy atom. The van der Waals surface area contributed by atoms with Gasteiger partial charge in [-0.1, -0.05) is 48.5 Å². The zero-order valence-electron chi connectivity index (χ0n) is 12.5. The van der Waals surface area contributed by atoms with Crippen LogP contribution in [0.15, 0.2) is 88.4 Å². The van der Waals surface area contributed by atoms with Crippen molar-refractivity contribution in [3.05, 3.63) is 90.4 Å². The molecule has 3 aromatic rings. The number of amides is 1. The van der Waals surface area contributed by atoms with Crippen molar-refractivity contribution in [2.45, 2.75) is 16.7 Å². The number of rotatable bonds is 6. The maximum Gasteiger partial charge on any atom is 0.238 e. The Labute approximate surface area is 139 Å². The zero-order valence-corrected chi connectivity index (χ0v) is 13.3. The number of carbonyl (C=O) groups excluding carboxylic acids is 1. The summed E-state index contributed by atoms with van der Waals surface area (Å²) in [4.78, 5) is 13.7. The molecule has 116 valence electrons. The van der Waals surface area contributed by atoms with Gasteiger partial charge in [-0.15, -0.1) is 11.8 Å². The fourth-order valence-electron chi connectivity index (χ4n) is 2.22. The molecule has 1 heterocycles. The first-order chi connectivity index (χ1) is 11.3. The van der Waals surface area contributed by atoms with Crippen LogP contribution < -0.4 is 5.32 Å². The van der Waals surface area contributed by atoms with Crippen molar-refractivity contribution >= 4 is 17.7 Å². The lowest BCUT2D eigenvalue weighted by Gasteiger charge is -2.16. The van der Waals surface area contributed by atoms with Crippen LogP contribution in [0.2, 0.25) is 0 Å². The normalized spacial score (nSPS) is 11.8. The molecule has 0 radical (unpaired) electrons. The Balaban J connectivity index is 1.75. The molecule has 0 aliphatic carbocycles. The molecule has 1 amide bonds. The second kappa shape index (κ2) is 7.70. The van der Waals surface area contributed by atoms with Crippen molar-refractivity contribution < 1.29 is 9.21 Å². The Morgan fingerprint density at radius 3 is 2.30 bits per heavy atom. The third kappa shape index (κ3) is 4.27. The van der Waals surface area contributed by atoms with E-state index >= 15 is 0 Å². The standard InChI is InChI=1S/C19H17NO2S/c21-19(20-14-16-10-7-13-22-16)18(15-8-3-1-4-9-15)23-17-11-5-2-6-12-17/h1-13,18H,14H2,(H,20,21)/t18-/m0/s1. The summed E-state index contributed by atoms with van der Waals surface area (Å²) < 4.78 is 5.27. The van der Waals surface area contributed by atoms with Crippen LogP contribution in [-0.2, 0) is 11.3 Å². The van der Waals surface area contributed by atoms with Crippen LogP contribution in [0.5, 0.6) is 0 Å². The van der Waals surface area contributed by atoms with E-state index in [9.17, 15) is 4.79 Å². The first-order valence-corrected chi connectivity index (χ1v) is 8.27. The summed E-state index contributed by atoms with van der Waals surface area (Å²) in [7, 11) is 0. The van der Waals surface area contributed by atoms with E-state index in [2.05, 4.69) is 5.32 Å². The first-order valence-electron chi connectivity index (χ1n) is 7.39. The Bertz CT molecular complexity index is 727. The SMILES string of the molecule is O=C(NCc1ccco1)[C@@H](Sc1ccccc1)c1ccccc1. The van der Waals surface area contributed by atoms with E-state index in [1.165, 1.54) is 0 Å². The fraction of sp³-hybridized carbons (Fsp3) is 0.105. The minimum absolute atomic E-state index is 0.0264. The van der Waals surface area contributed by atoms with E-state index in [4.69, 9.17) is 4.42 Å². The van der Waals surface area contributed by atoms with E-state index in [0.29, 0.717) is 6.54 Å². The molecule has 2 aromatic carbocycles. The number of carbonyl (C=O) groups is 1. The van der Waals surface area contributed by atoms with Crippen molar-refractivity contribution in [1.82, 2.24) is 5.32 Å². The van der Waals surface area contributed by atoms with Crippen LogP contribution in [0, 0.1) is 0 Å². The number of nitrogens with one attached hydrogen (secondary N) is 1. The molecule has 0 unspecified atom stereocenters. The van der Waals surface area contributed by atoms with Gasteiger partial charge in [0.05, 0.1) is 12.8 Å². The van der Waals surface area contributed by atoms with Gasteiger partial charge in [-0.2, -0.15) is 0 Å². The Kier molecular flexibility index (Phi) is 5.17. The average Bonchev–Trinajstić information content (AvgIpc) is 3.13. The van der Waals surface area contributed by atoms with Crippen molar-refractivity contribution in [1.29, 1.82) is 0 Å². The first kappa shape index (κ1) is 15.4. The number of thioether (sulfide) groups is 1. The van der Waals surface area contributed by atoms with Crippen molar-refractivity contribution in [3.8, 4) is 0 Å². The maximum absolute atomic E-state index is 12.7. The second-order valence-electron chi connectivity index (χ2n) is 5.02. The largest absolute Gasteiger partial charge is 0.467 e. The van der Waals surface area contributed by atoms with Crippen LogP contribution in [-0.4, -0.2) is 5.91 Å². The zero-order chi connectivity index (χ0) is 15.9. The molecule has 1 aromatic heterocycles. The molecule has 0 aliphatic rings. The summed E-state index contributed by atoms with van der Waals surface area (Å²) in [5.41, 5.74) is 0.985. The molecule has 3 nitrogen and oxygen atoms in total. The average molecular weight is 323 g/mol. The van der Waals surface area contributed by atoms with Gasteiger partial charge in [-0.3, -0.25) is 4.79 Å². The molecule has 0 saturated heterocycles. The minimum atomic E-state index is -0.298. The van der Waals surface area contributed by atoms with Crippen molar-refractivity contribution in [3.63, 3.8) is 0 Å². The molecule has 0 saturated carbocycles. The minimum Gasteiger partial charge on any atom is -0.467 e. The van der Waals surface area contributed by atoms with Crippen molar-refractivity contribution in [2.75, 3.05) is 0 Å². The predicted molar refractivity (Wildman–Crippen MR) is 92.0 cm³/mol. The molecular weight excluding hydrogens is 306 g/mol. The van der Waals surface area contributed by atoms with Gasteiger partial charge in [-0.05, 0) is 29.8 Å². The van der Waals surface area contributed by atoms with Gasteiger partial charge in [0.15, 0.2) is 0 Å². The molecule has 0 fully saturated rings. The van der Waals surface area contributed by atoms with E-state index in [0.717, 1.165) is 16.2 Å². The maximum atomic E-state index is 12.7. The highest BCUT2D eigenvalue weighted by molar-refractivity contribution is 8.00. The quantitative estimate of drug-likeness (QED) is 0.682. The second-order valence-corrected chi connectivity index (χ2v) is 6.20. The highest BCUT2D eigenvalue weighted by atomic mass is 32.2. The molecule has 23 heavy (non-hydrogen) atoms. The molecule has 4 heteroatoms. The van der Waals surface area contributed by atoms with Gasteiger partial charge >= 0.3 is 0 Å². The molecule has 1 N–H and O–H groups in total. The lowest BCUT2D eigenvalue weighted by Crippen LogP contribution is -2.27. The smallest absolute Gasteiger partial charge is 0.238 e. The third-order valence-corrected chi connectivity index (χ3v) is 4.62. The number of furan rings is 1. The van der Waals surface area contributed by atoms with E-state index < -0.39 is 0 Å². The molecule has 0 aliphatic heterocycles. The molecule has 3 rings (SSSR count). The monoisotopic (exact) mass is 323 g/mol. The van der Waals surface area contributed by atoms with Gasteiger partial charge in [0.1, 0.15) is 11.0 Å². The highest BCUT2D eigenvalue weighted by Crippen LogP contribution is 2.35. The third-order valence-electron chi connectivity index (χ3n) is 3.35. The van der Waals surface area contributed by atoms with Crippen LogP contribution >= 0.6 is 11.8 Å². The van der Waals surface area contributed by atoms with E-state index in [1.807, 2.05) is 72.8 Å². The van der Waals surface area contributed by atoms with Crippen LogP contribution in [0.1, 0.15) is 16.6 Å². The summed E-state index contributed by atoms with van der Waals surface area (Å²) in [6, 6.07) is 23.4. The lowest BCUT2D eigenvalue weighted by molar-refractivity contribution is -0.120. The molecular formula is C19H17NO2S. The molecule has 1 atom stereocenters. The number of benzene rings is 2. The summed E-state index contributed by atoms with van der Waals surface area (Å²) in [6.07, 6.45) is 1.61. The topological polar surface area (TPSA) is 42.2 Å². The van der Waals surface area contributed by atoms with Gasteiger partial charge in [0.25, 0.3) is 0 Å². The molecule has 0 bridgehead atoms. The van der Waals surface area contributed by atoms with Gasteiger partial charge in [0.2, 0.25) is 5.91 Å². The number of hydrogen-bond donors (Lipinski definition) is 1. The number of hydrogen-bond acceptors (Lipinski definition) is 3. The Morgan fingerprint density at radius 1 is 0.957 bits per heavy atom. The van der Waals surface area contributed by atoms with Gasteiger partial charge in [-0.25, -0.2) is 0 Å². The van der Waals surface area contributed by atoms with Gasteiger partial charge in [0, 0.05) is 4.90 Å². The fourth-order valence-corrected chi connectivity index (χ4v) is 3.29. The molecule has 0 spiro atoms.